The van der Waals surface area contributed by atoms with Crippen molar-refractivity contribution in [3.63, 3.8) is 0 Å². The first-order chi connectivity index (χ1) is 16.1. The van der Waals surface area contributed by atoms with Gasteiger partial charge < -0.3 is 15.0 Å². The molecule has 0 spiro atoms. The van der Waals surface area contributed by atoms with Crippen molar-refractivity contribution in [3.05, 3.63) is 95.6 Å². The molecule has 0 radical (unpaired) electrons. The molecule has 6 nitrogen and oxygen atoms in total. The minimum Gasteiger partial charge on any atom is -0.496 e. The Balaban J connectivity index is 1.43. The molecule has 0 saturated carbocycles. The smallest absolute Gasteiger partial charge is 0.257 e. The quantitative estimate of drug-likeness (QED) is 0.620. The molecule has 1 aromatic heterocycles. The van der Waals surface area contributed by atoms with Crippen molar-refractivity contribution in [3.8, 4) is 5.75 Å². The largest absolute Gasteiger partial charge is 0.496 e. The van der Waals surface area contributed by atoms with Crippen molar-refractivity contribution in [2.45, 2.75) is 18.9 Å². The van der Waals surface area contributed by atoms with Crippen molar-refractivity contribution in [1.29, 1.82) is 0 Å². The molecule has 2 aromatic carbocycles. The Morgan fingerprint density at radius 2 is 1.73 bits per heavy atom. The van der Waals surface area contributed by atoms with Gasteiger partial charge in [0.2, 0.25) is 5.91 Å². The van der Waals surface area contributed by atoms with Crippen molar-refractivity contribution < 1.29 is 18.7 Å². The Hall–Kier alpha value is -3.74. The minimum absolute atomic E-state index is 0.0935. The molecule has 170 valence electrons. The van der Waals surface area contributed by atoms with Gasteiger partial charge in [-0.15, -0.1) is 0 Å². The third kappa shape index (κ3) is 5.19. The predicted molar refractivity (Wildman–Crippen MR) is 122 cm³/mol. The number of methoxy groups -OCH3 is 1. The second kappa shape index (κ2) is 10.3. The molecular weight excluding hydrogens is 421 g/mol. The van der Waals surface area contributed by atoms with E-state index < -0.39 is 6.04 Å². The Morgan fingerprint density at radius 1 is 1.03 bits per heavy atom. The highest BCUT2D eigenvalue weighted by molar-refractivity contribution is 5.97. The molecule has 1 aliphatic heterocycles. The zero-order chi connectivity index (χ0) is 23.2. The average molecular weight is 448 g/mol. The highest BCUT2D eigenvalue weighted by Gasteiger charge is 2.30. The summed E-state index contributed by atoms with van der Waals surface area (Å²) in [4.78, 5) is 32.2. The molecule has 1 N–H and O–H groups in total. The number of rotatable bonds is 6. The fourth-order valence-electron chi connectivity index (χ4n) is 4.13. The number of piperidine rings is 1. The predicted octanol–water partition coefficient (Wildman–Crippen LogP) is 3.99. The third-order valence-corrected chi connectivity index (χ3v) is 5.96. The summed E-state index contributed by atoms with van der Waals surface area (Å²) in [7, 11) is 1.54. The number of para-hydroxylation sites is 1. The van der Waals surface area contributed by atoms with Gasteiger partial charge in [-0.3, -0.25) is 14.6 Å². The summed E-state index contributed by atoms with van der Waals surface area (Å²) in [6, 6.07) is 18.2. The molecule has 2 heterocycles. The van der Waals surface area contributed by atoms with Crippen molar-refractivity contribution in [1.82, 2.24) is 15.2 Å². The maximum Gasteiger partial charge on any atom is 0.257 e. The van der Waals surface area contributed by atoms with Gasteiger partial charge in [0.15, 0.2) is 0 Å². The maximum atomic E-state index is 13.4. The number of hydrogen-bond acceptors (Lipinski definition) is 4. The van der Waals surface area contributed by atoms with Crippen LogP contribution in [0.1, 0.15) is 40.5 Å². The first kappa shape index (κ1) is 22.5. The van der Waals surface area contributed by atoms with Crippen molar-refractivity contribution >= 4 is 11.8 Å². The first-order valence-electron chi connectivity index (χ1n) is 11.0. The van der Waals surface area contributed by atoms with E-state index in [2.05, 4.69) is 10.3 Å². The summed E-state index contributed by atoms with van der Waals surface area (Å²) >= 11 is 0. The molecule has 4 rings (SSSR count). The second-order valence-corrected chi connectivity index (χ2v) is 8.01. The topological polar surface area (TPSA) is 71.5 Å². The lowest BCUT2D eigenvalue weighted by atomic mass is 9.94. The number of amides is 2. The van der Waals surface area contributed by atoms with E-state index in [0.29, 0.717) is 42.9 Å². The van der Waals surface area contributed by atoms with E-state index in [-0.39, 0.29) is 23.5 Å². The number of benzene rings is 2. The third-order valence-electron chi connectivity index (χ3n) is 5.96. The molecule has 7 heteroatoms. The molecule has 1 saturated heterocycles. The molecule has 1 aliphatic rings. The fraction of sp³-hybridized carbons (Fsp3) is 0.269. The van der Waals surface area contributed by atoms with Crippen LogP contribution in [0.2, 0.25) is 0 Å². The molecule has 1 atom stereocenters. The molecule has 33 heavy (non-hydrogen) atoms. The highest BCUT2D eigenvalue weighted by Crippen LogP contribution is 2.26. The molecule has 1 unspecified atom stereocenters. The van der Waals surface area contributed by atoms with Gasteiger partial charge in [0.25, 0.3) is 5.91 Å². The van der Waals surface area contributed by atoms with Gasteiger partial charge in [-0.25, -0.2) is 4.39 Å². The number of ether oxygens (including phenoxy) is 1. The second-order valence-electron chi connectivity index (χ2n) is 8.01. The van der Waals surface area contributed by atoms with Crippen LogP contribution in [-0.2, 0) is 4.79 Å². The van der Waals surface area contributed by atoms with Crippen LogP contribution in [0, 0.1) is 11.7 Å². The number of likely N-dealkylation sites (tertiary alicyclic amines) is 1. The summed E-state index contributed by atoms with van der Waals surface area (Å²) in [5.41, 5.74) is 1.96. The lowest BCUT2D eigenvalue weighted by Gasteiger charge is -2.32. The van der Waals surface area contributed by atoms with E-state index in [4.69, 9.17) is 4.74 Å². The molecule has 0 aliphatic carbocycles. The fourth-order valence-corrected chi connectivity index (χ4v) is 4.13. The van der Waals surface area contributed by atoms with E-state index in [9.17, 15) is 14.0 Å². The number of hydrogen-bond donors (Lipinski definition) is 1. The minimum atomic E-state index is -0.479. The van der Waals surface area contributed by atoms with Crippen LogP contribution in [0.25, 0.3) is 0 Å². The molecular formula is C26H26FN3O3. The van der Waals surface area contributed by atoms with Gasteiger partial charge in [0.05, 0.1) is 24.4 Å². The Labute approximate surface area is 192 Å². The van der Waals surface area contributed by atoms with Crippen LogP contribution in [0.4, 0.5) is 4.39 Å². The van der Waals surface area contributed by atoms with Crippen LogP contribution in [0.5, 0.6) is 5.75 Å². The lowest BCUT2D eigenvalue weighted by Crippen LogP contribution is -2.44. The average Bonchev–Trinajstić information content (AvgIpc) is 2.88. The number of halogens is 1. The van der Waals surface area contributed by atoms with Crippen LogP contribution in [0.3, 0.4) is 0 Å². The molecule has 0 bridgehead atoms. The van der Waals surface area contributed by atoms with E-state index in [1.807, 2.05) is 30.3 Å². The zero-order valence-electron chi connectivity index (χ0n) is 18.4. The van der Waals surface area contributed by atoms with E-state index in [1.54, 1.807) is 42.5 Å². The van der Waals surface area contributed by atoms with Gasteiger partial charge in [0.1, 0.15) is 11.6 Å². The van der Waals surface area contributed by atoms with Crippen molar-refractivity contribution in [2.75, 3.05) is 20.2 Å². The SMILES string of the molecule is COc1ccccc1C(=O)N1CCC(C(=O)NC(c2ccc(F)cc2)c2ccccn2)CC1. The van der Waals surface area contributed by atoms with Crippen LogP contribution in [0.15, 0.2) is 72.9 Å². The summed E-state index contributed by atoms with van der Waals surface area (Å²) in [6.45, 7) is 0.972. The summed E-state index contributed by atoms with van der Waals surface area (Å²) in [5.74, 6) is -0.210. The normalized spacial score (nSPS) is 15.0. The highest BCUT2D eigenvalue weighted by atomic mass is 19.1. The van der Waals surface area contributed by atoms with Gasteiger partial charge in [0, 0.05) is 25.2 Å². The van der Waals surface area contributed by atoms with Crippen LogP contribution in [-0.4, -0.2) is 41.9 Å². The van der Waals surface area contributed by atoms with E-state index in [1.165, 1.54) is 12.1 Å². The summed E-state index contributed by atoms with van der Waals surface area (Å²) < 4.78 is 18.7. The standard InChI is InChI=1S/C26H26FN3O3/c1-33-23-8-3-2-6-21(23)26(32)30-16-13-19(14-17-30)25(31)29-24(22-7-4-5-15-28-22)18-9-11-20(27)12-10-18/h2-12,15,19,24H,13-14,16-17H2,1H3,(H,29,31). The van der Waals surface area contributed by atoms with E-state index >= 15 is 0 Å². The van der Waals surface area contributed by atoms with Gasteiger partial charge in [-0.1, -0.05) is 30.3 Å². The Kier molecular flexibility index (Phi) is 6.98. The molecule has 3 aromatic rings. The number of nitrogens with zero attached hydrogens (tertiary/aromatic N) is 2. The zero-order valence-corrected chi connectivity index (χ0v) is 18.4. The Bertz CT molecular complexity index is 1100. The number of carbonyl (C=O) groups excluding carboxylic acids is 2. The molecule has 2 amide bonds. The first-order valence-corrected chi connectivity index (χ1v) is 11.0. The van der Waals surface area contributed by atoms with Crippen LogP contribution < -0.4 is 10.1 Å². The van der Waals surface area contributed by atoms with Gasteiger partial charge in [-0.05, 0) is 54.8 Å². The summed E-state index contributed by atoms with van der Waals surface area (Å²) in [6.07, 6.45) is 2.79. The van der Waals surface area contributed by atoms with Crippen LogP contribution >= 0.6 is 0 Å². The van der Waals surface area contributed by atoms with Gasteiger partial charge in [-0.2, -0.15) is 0 Å². The lowest BCUT2D eigenvalue weighted by molar-refractivity contribution is -0.126. The Morgan fingerprint density at radius 3 is 2.39 bits per heavy atom. The monoisotopic (exact) mass is 447 g/mol. The number of pyridine rings is 1. The summed E-state index contributed by atoms with van der Waals surface area (Å²) in [5, 5.41) is 3.09. The van der Waals surface area contributed by atoms with Gasteiger partial charge >= 0.3 is 0 Å². The van der Waals surface area contributed by atoms with E-state index in [0.717, 1.165) is 5.56 Å². The molecule has 1 fully saturated rings. The maximum absolute atomic E-state index is 13.4. The number of carbonyl (C=O) groups is 2. The van der Waals surface area contributed by atoms with Crippen molar-refractivity contribution in [2.24, 2.45) is 5.92 Å². The number of nitrogens with one attached hydrogen (secondary N) is 1. The number of aromatic nitrogens is 1.